The summed E-state index contributed by atoms with van der Waals surface area (Å²) in [5.41, 5.74) is 8.48. The van der Waals surface area contributed by atoms with E-state index >= 15 is 0 Å². The molecule has 0 saturated carbocycles. The fourth-order valence-corrected chi connectivity index (χ4v) is 2.29. The molecule has 0 saturated heterocycles. The first-order chi connectivity index (χ1) is 9.52. The second-order valence-corrected chi connectivity index (χ2v) is 5.22. The van der Waals surface area contributed by atoms with Crippen molar-refractivity contribution in [1.82, 2.24) is 14.5 Å². The summed E-state index contributed by atoms with van der Waals surface area (Å²) in [6, 6.07) is 5.75. The lowest BCUT2D eigenvalue weighted by molar-refractivity contribution is -0.128. The van der Waals surface area contributed by atoms with Gasteiger partial charge in [-0.05, 0) is 24.6 Å². The highest BCUT2D eigenvalue weighted by Crippen LogP contribution is 2.20. The van der Waals surface area contributed by atoms with E-state index in [2.05, 4.69) is 16.5 Å². The van der Waals surface area contributed by atoms with E-state index < -0.39 is 0 Å². The minimum absolute atomic E-state index is 0.129. The van der Waals surface area contributed by atoms with Gasteiger partial charge in [-0.2, -0.15) is 0 Å². The third kappa shape index (κ3) is 2.92. The van der Waals surface area contributed by atoms with Gasteiger partial charge in [-0.3, -0.25) is 4.79 Å². The number of nitrogens with two attached hydrogens (primary N) is 1. The van der Waals surface area contributed by atoms with Gasteiger partial charge in [-0.1, -0.05) is 6.92 Å². The van der Waals surface area contributed by atoms with E-state index in [1.807, 2.05) is 18.2 Å². The summed E-state index contributed by atoms with van der Waals surface area (Å²) >= 11 is 0. The number of carbonyl (C=O) groups excluding carboxylic acids is 1. The first-order valence-corrected chi connectivity index (χ1v) is 6.97. The molecule has 1 heterocycles. The third-order valence-electron chi connectivity index (χ3n) is 3.37. The SMILES string of the molecule is CCCc1nc2cc(N)ccc2n1CCC(=O)N(C)C. The van der Waals surface area contributed by atoms with Crippen molar-refractivity contribution in [1.29, 1.82) is 0 Å². The van der Waals surface area contributed by atoms with Gasteiger partial charge in [0.2, 0.25) is 5.91 Å². The van der Waals surface area contributed by atoms with Crippen molar-refractivity contribution in [2.24, 2.45) is 0 Å². The van der Waals surface area contributed by atoms with Gasteiger partial charge in [0.1, 0.15) is 5.82 Å². The summed E-state index contributed by atoms with van der Waals surface area (Å²) in [5.74, 6) is 1.16. The van der Waals surface area contributed by atoms with Crippen LogP contribution in [0.1, 0.15) is 25.6 Å². The number of imidazole rings is 1. The zero-order chi connectivity index (χ0) is 14.7. The first-order valence-electron chi connectivity index (χ1n) is 6.97. The molecule has 1 amide bonds. The first kappa shape index (κ1) is 14.4. The summed E-state index contributed by atoms with van der Waals surface area (Å²) in [5, 5.41) is 0. The molecule has 5 heteroatoms. The molecule has 20 heavy (non-hydrogen) atoms. The maximum Gasteiger partial charge on any atom is 0.223 e. The summed E-state index contributed by atoms with van der Waals surface area (Å²) in [4.78, 5) is 18.0. The molecule has 0 radical (unpaired) electrons. The Kier molecular flexibility index (Phi) is 4.27. The quantitative estimate of drug-likeness (QED) is 0.849. The van der Waals surface area contributed by atoms with Gasteiger partial charge in [0.05, 0.1) is 11.0 Å². The van der Waals surface area contributed by atoms with E-state index in [-0.39, 0.29) is 5.91 Å². The van der Waals surface area contributed by atoms with Crippen LogP contribution in [0, 0.1) is 0 Å². The van der Waals surface area contributed by atoms with Crippen molar-refractivity contribution < 1.29 is 4.79 Å². The molecule has 2 rings (SSSR count). The number of aryl methyl sites for hydroxylation is 2. The molecule has 2 N–H and O–H groups in total. The smallest absolute Gasteiger partial charge is 0.223 e. The number of nitrogen functional groups attached to an aromatic ring is 1. The van der Waals surface area contributed by atoms with Crippen molar-refractivity contribution in [3.63, 3.8) is 0 Å². The van der Waals surface area contributed by atoms with Gasteiger partial charge >= 0.3 is 0 Å². The Morgan fingerprint density at radius 2 is 2.15 bits per heavy atom. The van der Waals surface area contributed by atoms with Crippen LogP contribution in [-0.2, 0) is 17.8 Å². The second kappa shape index (κ2) is 5.94. The highest BCUT2D eigenvalue weighted by atomic mass is 16.2. The van der Waals surface area contributed by atoms with Gasteiger partial charge in [-0.25, -0.2) is 4.98 Å². The standard InChI is InChI=1S/C15H22N4O/c1-4-5-14-17-12-10-11(16)6-7-13(12)19(14)9-8-15(20)18(2)3/h6-7,10H,4-5,8-9,16H2,1-3H3. The molecule has 0 unspecified atom stereocenters. The van der Waals surface area contributed by atoms with Crippen molar-refractivity contribution in [3.8, 4) is 0 Å². The Labute approximate surface area is 119 Å². The molecule has 0 spiro atoms. The van der Waals surface area contributed by atoms with Gasteiger partial charge in [0.15, 0.2) is 0 Å². The average molecular weight is 274 g/mol. The van der Waals surface area contributed by atoms with Crippen molar-refractivity contribution in [2.45, 2.75) is 32.7 Å². The number of carbonyl (C=O) groups is 1. The molecule has 108 valence electrons. The lowest BCUT2D eigenvalue weighted by atomic mass is 10.2. The molecule has 0 aliphatic heterocycles. The van der Waals surface area contributed by atoms with Gasteiger partial charge in [0.25, 0.3) is 0 Å². The van der Waals surface area contributed by atoms with Gasteiger partial charge in [-0.15, -0.1) is 0 Å². The maximum atomic E-state index is 11.8. The van der Waals surface area contributed by atoms with E-state index in [4.69, 9.17) is 5.73 Å². The van der Waals surface area contributed by atoms with Crippen LogP contribution in [0.25, 0.3) is 11.0 Å². The van der Waals surface area contributed by atoms with Crippen LogP contribution in [0.5, 0.6) is 0 Å². The van der Waals surface area contributed by atoms with Crippen LogP contribution in [0.3, 0.4) is 0 Å². The zero-order valence-electron chi connectivity index (χ0n) is 12.4. The normalized spacial score (nSPS) is 10.9. The van der Waals surface area contributed by atoms with Crippen molar-refractivity contribution >= 4 is 22.6 Å². The molecule has 2 aromatic rings. The van der Waals surface area contributed by atoms with Crippen molar-refractivity contribution in [3.05, 3.63) is 24.0 Å². The molecular weight excluding hydrogens is 252 g/mol. The number of hydrogen-bond donors (Lipinski definition) is 1. The van der Waals surface area contributed by atoms with Crippen LogP contribution in [0.15, 0.2) is 18.2 Å². The van der Waals surface area contributed by atoms with Crippen LogP contribution >= 0.6 is 0 Å². The van der Waals surface area contributed by atoms with Crippen LogP contribution in [0.4, 0.5) is 5.69 Å². The van der Waals surface area contributed by atoms with Crippen LogP contribution < -0.4 is 5.73 Å². The Morgan fingerprint density at radius 3 is 2.80 bits per heavy atom. The van der Waals surface area contributed by atoms with E-state index in [1.54, 1.807) is 19.0 Å². The predicted octanol–water partition coefficient (Wildman–Crippen LogP) is 2.05. The zero-order valence-corrected chi connectivity index (χ0v) is 12.4. The highest BCUT2D eigenvalue weighted by Gasteiger charge is 2.12. The topological polar surface area (TPSA) is 64.1 Å². The monoisotopic (exact) mass is 274 g/mol. The lowest BCUT2D eigenvalue weighted by Crippen LogP contribution is -2.23. The summed E-state index contributed by atoms with van der Waals surface area (Å²) in [6.45, 7) is 2.79. The molecule has 0 aliphatic carbocycles. The number of rotatable bonds is 5. The predicted molar refractivity (Wildman–Crippen MR) is 81.5 cm³/mol. The molecule has 1 aromatic carbocycles. The Balaban J connectivity index is 2.33. The van der Waals surface area contributed by atoms with E-state index in [1.165, 1.54) is 0 Å². The van der Waals surface area contributed by atoms with Gasteiger partial charge < -0.3 is 15.2 Å². The number of benzene rings is 1. The number of fused-ring (bicyclic) bond motifs is 1. The number of aromatic nitrogens is 2. The molecular formula is C15H22N4O. The summed E-state index contributed by atoms with van der Waals surface area (Å²) in [6.07, 6.45) is 2.42. The number of amides is 1. The molecule has 5 nitrogen and oxygen atoms in total. The highest BCUT2D eigenvalue weighted by molar-refractivity contribution is 5.80. The van der Waals surface area contributed by atoms with Crippen LogP contribution in [-0.4, -0.2) is 34.5 Å². The Bertz CT molecular complexity index is 616. The fraction of sp³-hybridized carbons (Fsp3) is 0.467. The van der Waals surface area contributed by atoms with Gasteiger partial charge in [0, 0.05) is 39.2 Å². The van der Waals surface area contributed by atoms with Crippen LogP contribution in [0.2, 0.25) is 0 Å². The molecule has 0 bridgehead atoms. The van der Waals surface area contributed by atoms with E-state index in [9.17, 15) is 4.79 Å². The average Bonchev–Trinajstić information content (AvgIpc) is 2.72. The van der Waals surface area contributed by atoms with Crippen molar-refractivity contribution in [2.75, 3.05) is 19.8 Å². The second-order valence-electron chi connectivity index (χ2n) is 5.22. The van der Waals surface area contributed by atoms with E-state index in [0.717, 1.165) is 35.4 Å². The molecule has 1 aromatic heterocycles. The molecule has 0 atom stereocenters. The number of nitrogens with zero attached hydrogens (tertiary/aromatic N) is 3. The summed E-state index contributed by atoms with van der Waals surface area (Å²) < 4.78 is 2.14. The fourth-order valence-electron chi connectivity index (χ4n) is 2.29. The molecule has 0 fully saturated rings. The number of hydrogen-bond acceptors (Lipinski definition) is 3. The van der Waals surface area contributed by atoms with E-state index in [0.29, 0.717) is 13.0 Å². The Hall–Kier alpha value is -2.04. The maximum absolute atomic E-state index is 11.8. The minimum atomic E-state index is 0.129. The molecule has 0 aliphatic rings. The minimum Gasteiger partial charge on any atom is -0.399 e. The Morgan fingerprint density at radius 1 is 1.40 bits per heavy atom. The third-order valence-corrected chi connectivity index (χ3v) is 3.37. The lowest BCUT2D eigenvalue weighted by Gasteiger charge is -2.12. The number of anilines is 1. The largest absolute Gasteiger partial charge is 0.399 e. The summed E-state index contributed by atoms with van der Waals surface area (Å²) in [7, 11) is 3.56.